The van der Waals surface area contributed by atoms with Gasteiger partial charge in [-0.2, -0.15) is 5.10 Å². The Kier molecular flexibility index (Phi) is 2.87. The van der Waals surface area contributed by atoms with Gasteiger partial charge in [0.05, 0.1) is 11.1 Å². The topological polar surface area (TPSA) is 76.7 Å². The molecule has 0 unspecified atom stereocenters. The fourth-order valence-electron chi connectivity index (χ4n) is 2.22. The third-order valence-electron chi connectivity index (χ3n) is 3.23. The Hall–Kier alpha value is -2.82. The highest BCUT2D eigenvalue weighted by molar-refractivity contribution is 5.87. The van der Waals surface area contributed by atoms with E-state index in [2.05, 4.69) is 10.1 Å². The molecule has 3 aromatic rings. The van der Waals surface area contributed by atoms with Crippen molar-refractivity contribution in [2.75, 3.05) is 5.73 Å². The zero-order chi connectivity index (χ0) is 14.1. The molecule has 2 aromatic heterocycles. The second kappa shape index (κ2) is 4.70. The highest BCUT2D eigenvalue weighted by Gasteiger charge is 2.18. The highest BCUT2D eigenvalue weighted by Crippen LogP contribution is 2.34. The van der Waals surface area contributed by atoms with E-state index in [9.17, 15) is 4.79 Å². The van der Waals surface area contributed by atoms with Crippen LogP contribution in [0.15, 0.2) is 53.6 Å². The largest absolute Gasteiger partial charge is 0.383 e. The zero-order valence-corrected chi connectivity index (χ0v) is 11.0. The lowest BCUT2D eigenvalue weighted by Crippen LogP contribution is -2.04. The predicted molar refractivity (Wildman–Crippen MR) is 79.1 cm³/mol. The molecule has 3 rings (SSSR count). The number of benzene rings is 1. The fourth-order valence-corrected chi connectivity index (χ4v) is 2.22. The molecule has 0 aliphatic heterocycles. The number of nitrogen functional groups attached to an aromatic ring is 1. The summed E-state index contributed by atoms with van der Waals surface area (Å²) in [5.74, 6) is 0.537. The number of pyridine rings is 1. The van der Waals surface area contributed by atoms with E-state index in [-0.39, 0.29) is 5.43 Å². The summed E-state index contributed by atoms with van der Waals surface area (Å²) < 4.78 is 1.59. The molecule has 5 nitrogen and oxygen atoms in total. The van der Waals surface area contributed by atoms with Gasteiger partial charge in [-0.15, -0.1) is 0 Å². The summed E-state index contributed by atoms with van der Waals surface area (Å²) in [5, 5.41) is 4.39. The minimum atomic E-state index is -0.0842. The van der Waals surface area contributed by atoms with Gasteiger partial charge < -0.3 is 10.7 Å². The predicted octanol–water partition coefficient (Wildman–Crippen LogP) is 2.02. The van der Waals surface area contributed by atoms with Crippen LogP contribution in [0.4, 0.5) is 5.82 Å². The molecule has 0 aliphatic rings. The van der Waals surface area contributed by atoms with Crippen molar-refractivity contribution in [3.05, 3.63) is 59.0 Å². The van der Waals surface area contributed by atoms with Gasteiger partial charge in [0.2, 0.25) is 0 Å². The van der Waals surface area contributed by atoms with E-state index >= 15 is 0 Å². The van der Waals surface area contributed by atoms with Crippen LogP contribution >= 0.6 is 0 Å². The standard InChI is InChI=1S/C15H14N4O/c1-19-15(16)13(10-5-3-2-4-6-10)14(18-19)11-9-17-8-7-12(11)20/h2-9H,16H2,1H3,(H,17,20). The summed E-state index contributed by atoms with van der Waals surface area (Å²) in [4.78, 5) is 14.9. The first-order valence-electron chi connectivity index (χ1n) is 6.24. The number of rotatable bonds is 2. The van der Waals surface area contributed by atoms with E-state index in [1.807, 2.05) is 30.3 Å². The molecule has 3 N–H and O–H groups in total. The van der Waals surface area contributed by atoms with E-state index in [1.54, 1.807) is 24.1 Å². The number of hydrogen-bond acceptors (Lipinski definition) is 3. The number of H-pyrrole nitrogens is 1. The van der Waals surface area contributed by atoms with Crippen molar-refractivity contribution < 1.29 is 0 Å². The molecule has 0 fully saturated rings. The maximum atomic E-state index is 12.0. The normalized spacial score (nSPS) is 10.7. The second-order valence-electron chi connectivity index (χ2n) is 4.52. The Morgan fingerprint density at radius 3 is 2.65 bits per heavy atom. The fraction of sp³-hybridized carbons (Fsp3) is 0.0667. The number of aryl methyl sites for hydroxylation is 1. The molecule has 0 atom stereocenters. The van der Waals surface area contributed by atoms with Gasteiger partial charge in [-0.3, -0.25) is 9.48 Å². The summed E-state index contributed by atoms with van der Waals surface area (Å²) >= 11 is 0. The van der Waals surface area contributed by atoms with Gasteiger partial charge in [-0.25, -0.2) is 0 Å². The minimum absolute atomic E-state index is 0.0842. The molecule has 2 heterocycles. The molecular weight excluding hydrogens is 252 g/mol. The van der Waals surface area contributed by atoms with Gasteiger partial charge >= 0.3 is 0 Å². The second-order valence-corrected chi connectivity index (χ2v) is 4.52. The maximum Gasteiger partial charge on any atom is 0.191 e. The van der Waals surface area contributed by atoms with Gasteiger partial charge in [0, 0.05) is 25.5 Å². The molecule has 100 valence electrons. The van der Waals surface area contributed by atoms with Crippen molar-refractivity contribution in [2.24, 2.45) is 7.05 Å². The average Bonchev–Trinajstić information content (AvgIpc) is 2.76. The molecule has 0 amide bonds. The maximum absolute atomic E-state index is 12.0. The third-order valence-corrected chi connectivity index (χ3v) is 3.23. The van der Waals surface area contributed by atoms with Gasteiger partial charge in [-0.1, -0.05) is 30.3 Å². The Morgan fingerprint density at radius 1 is 1.20 bits per heavy atom. The molecule has 0 bridgehead atoms. The van der Waals surface area contributed by atoms with Crippen LogP contribution < -0.4 is 11.2 Å². The molecule has 0 saturated carbocycles. The number of aromatic amines is 1. The van der Waals surface area contributed by atoms with Crippen LogP contribution in [0.5, 0.6) is 0 Å². The zero-order valence-electron chi connectivity index (χ0n) is 11.0. The summed E-state index contributed by atoms with van der Waals surface area (Å²) in [6.07, 6.45) is 3.25. The number of nitrogens with one attached hydrogen (secondary N) is 1. The minimum Gasteiger partial charge on any atom is -0.383 e. The quantitative estimate of drug-likeness (QED) is 0.745. The van der Waals surface area contributed by atoms with Crippen LogP contribution in [0.25, 0.3) is 22.4 Å². The van der Waals surface area contributed by atoms with Gasteiger partial charge in [0.25, 0.3) is 0 Å². The number of hydrogen-bond donors (Lipinski definition) is 2. The van der Waals surface area contributed by atoms with E-state index in [1.165, 1.54) is 6.07 Å². The molecule has 0 saturated heterocycles. The van der Waals surface area contributed by atoms with Gasteiger partial charge in [0.1, 0.15) is 11.5 Å². The van der Waals surface area contributed by atoms with Gasteiger partial charge in [-0.05, 0) is 5.56 Å². The van der Waals surface area contributed by atoms with Crippen molar-refractivity contribution >= 4 is 5.82 Å². The SMILES string of the molecule is Cn1nc(-c2c[nH]ccc2=O)c(-c2ccccc2)c1N. The summed E-state index contributed by atoms with van der Waals surface area (Å²) in [6.45, 7) is 0. The molecule has 20 heavy (non-hydrogen) atoms. The van der Waals surface area contributed by atoms with E-state index in [0.29, 0.717) is 17.1 Å². The first kappa shape index (κ1) is 12.2. The molecular formula is C15H14N4O. The van der Waals surface area contributed by atoms with E-state index < -0.39 is 0 Å². The van der Waals surface area contributed by atoms with Crippen molar-refractivity contribution in [3.8, 4) is 22.4 Å². The van der Waals surface area contributed by atoms with E-state index in [0.717, 1.165) is 11.1 Å². The smallest absolute Gasteiger partial charge is 0.191 e. The van der Waals surface area contributed by atoms with Crippen LogP contribution in [0.1, 0.15) is 0 Å². The lowest BCUT2D eigenvalue weighted by molar-refractivity contribution is 0.782. The van der Waals surface area contributed by atoms with Crippen LogP contribution in [0.3, 0.4) is 0 Å². The number of nitrogens with zero attached hydrogens (tertiary/aromatic N) is 2. The van der Waals surface area contributed by atoms with Crippen LogP contribution in [0, 0.1) is 0 Å². The molecule has 0 spiro atoms. The lowest BCUT2D eigenvalue weighted by atomic mass is 10.0. The van der Waals surface area contributed by atoms with Crippen LogP contribution in [0.2, 0.25) is 0 Å². The van der Waals surface area contributed by atoms with Crippen molar-refractivity contribution in [1.29, 1.82) is 0 Å². The molecule has 1 aromatic carbocycles. The summed E-state index contributed by atoms with van der Waals surface area (Å²) in [6, 6.07) is 11.2. The third kappa shape index (κ3) is 1.89. The summed E-state index contributed by atoms with van der Waals surface area (Å²) in [5.41, 5.74) is 8.86. The number of aromatic nitrogens is 3. The average molecular weight is 266 g/mol. The number of nitrogens with two attached hydrogens (primary N) is 1. The highest BCUT2D eigenvalue weighted by atomic mass is 16.1. The van der Waals surface area contributed by atoms with Crippen molar-refractivity contribution in [2.45, 2.75) is 0 Å². The Labute approximate surface area is 115 Å². The van der Waals surface area contributed by atoms with Gasteiger partial charge in [0.15, 0.2) is 5.43 Å². The molecule has 0 radical (unpaired) electrons. The van der Waals surface area contributed by atoms with Crippen molar-refractivity contribution in [3.63, 3.8) is 0 Å². The number of anilines is 1. The Morgan fingerprint density at radius 2 is 1.95 bits per heavy atom. The first-order chi connectivity index (χ1) is 9.68. The van der Waals surface area contributed by atoms with E-state index in [4.69, 9.17) is 5.73 Å². The Bertz CT molecular complexity index is 802. The molecule has 5 heteroatoms. The monoisotopic (exact) mass is 266 g/mol. The Balaban J connectivity index is 2.31. The van der Waals surface area contributed by atoms with Crippen LogP contribution in [-0.4, -0.2) is 14.8 Å². The summed E-state index contributed by atoms with van der Waals surface area (Å²) in [7, 11) is 1.77. The lowest BCUT2D eigenvalue weighted by Gasteiger charge is -2.03. The van der Waals surface area contributed by atoms with Crippen LogP contribution in [-0.2, 0) is 7.05 Å². The van der Waals surface area contributed by atoms with Crippen molar-refractivity contribution in [1.82, 2.24) is 14.8 Å². The molecule has 0 aliphatic carbocycles. The first-order valence-corrected chi connectivity index (χ1v) is 6.24.